The summed E-state index contributed by atoms with van der Waals surface area (Å²) in [6.45, 7) is 0.598. The van der Waals surface area contributed by atoms with E-state index >= 15 is 0 Å². The van der Waals surface area contributed by atoms with Crippen molar-refractivity contribution in [3.05, 3.63) is 78.3 Å². The van der Waals surface area contributed by atoms with E-state index in [0.29, 0.717) is 12.3 Å². The summed E-state index contributed by atoms with van der Waals surface area (Å²) in [5.41, 5.74) is 5.87. The van der Waals surface area contributed by atoms with Crippen molar-refractivity contribution in [3.63, 3.8) is 0 Å². The lowest BCUT2D eigenvalue weighted by Gasteiger charge is -2.15. The number of carbonyl (C=O) groups is 3. The zero-order valence-corrected chi connectivity index (χ0v) is 18.4. The number of hydrogen-bond acceptors (Lipinski definition) is 5. The Morgan fingerprint density at radius 3 is 2.73 bits per heavy atom. The Hall–Kier alpha value is -3.98. The highest BCUT2D eigenvalue weighted by Crippen LogP contribution is 2.21. The number of thiocarbonyl (C=S) groups is 1. The number of rotatable bonds is 5. The Morgan fingerprint density at radius 1 is 1.09 bits per heavy atom. The summed E-state index contributed by atoms with van der Waals surface area (Å²) in [5.74, 6) is -0.808. The molecule has 8 nitrogen and oxygen atoms in total. The summed E-state index contributed by atoms with van der Waals surface area (Å²) in [7, 11) is 0. The van der Waals surface area contributed by atoms with Crippen LogP contribution in [0.25, 0.3) is 16.8 Å². The highest BCUT2D eigenvalue weighted by atomic mass is 32.1. The van der Waals surface area contributed by atoms with Crippen LogP contribution in [0, 0.1) is 5.92 Å². The Bertz CT molecular complexity index is 1220. The fourth-order valence-corrected chi connectivity index (χ4v) is 3.81. The van der Waals surface area contributed by atoms with Gasteiger partial charge in [-0.15, -0.1) is 0 Å². The molecule has 1 unspecified atom stereocenters. The molecular formula is C24H22N4O4S. The average molecular weight is 463 g/mol. The standard InChI is InChI=1S/C24H22N4O4S/c29-21(11-10-17-7-3-6-16-5-1-2-9-20(16)17)25-24(33)27-26-23(31)18-13-22(30)28(14-18)15-19-8-4-12-32-19/h1-12,18H,13-15H2,(H,26,31)(H2,25,27,29,33)/b11-10+. The number of nitrogens with zero attached hydrogens (tertiary/aromatic N) is 1. The molecule has 0 spiro atoms. The van der Waals surface area contributed by atoms with Crippen molar-refractivity contribution in [2.75, 3.05) is 6.54 Å². The number of furan rings is 1. The lowest BCUT2D eigenvalue weighted by Crippen LogP contribution is -2.50. The van der Waals surface area contributed by atoms with Gasteiger partial charge in [0.2, 0.25) is 17.7 Å². The first kappa shape index (κ1) is 22.2. The van der Waals surface area contributed by atoms with Crippen molar-refractivity contribution >= 4 is 51.9 Å². The van der Waals surface area contributed by atoms with Gasteiger partial charge < -0.3 is 9.32 Å². The van der Waals surface area contributed by atoms with Gasteiger partial charge in [-0.2, -0.15) is 0 Å². The summed E-state index contributed by atoms with van der Waals surface area (Å²) in [5, 5.41) is 4.54. The van der Waals surface area contributed by atoms with Gasteiger partial charge in [0.25, 0.3) is 0 Å². The molecule has 2 aromatic carbocycles. The highest BCUT2D eigenvalue weighted by Gasteiger charge is 2.34. The fourth-order valence-electron chi connectivity index (χ4n) is 3.66. The highest BCUT2D eigenvalue weighted by molar-refractivity contribution is 7.80. The smallest absolute Gasteiger partial charge is 0.250 e. The third kappa shape index (κ3) is 5.64. The van der Waals surface area contributed by atoms with E-state index in [4.69, 9.17) is 16.6 Å². The van der Waals surface area contributed by atoms with Crippen LogP contribution in [0.5, 0.6) is 0 Å². The van der Waals surface area contributed by atoms with Crippen molar-refractivity contribution < 1.29 is 18.8 Å². The van der Waals surface area contributed by atoms with E-state index in [1.807, 2.05) is 42.5 Å². The van der Waals surface area contributed by atoms with Gasteiger partial charge in [0, 0.05) is 19.0 Å². The number of amides is 3. The molecule has 3 N–H and O–H groups in total. The van der Waals surface area contributed by atoms with Gasteiger partial charge in [-0.05, 0) is 46.8 Å². The van der Waals surface area contributed by atoms with Crippen LogP contribution in [-0.2, 0) is 20.9 Å². The van der Waals surface area contributed by atoms with E-state index in [0.717, 1.165) is 16.3 Å². The molecule has 1 aromatic heterocycles. The monoisotopic (exact) mass is 462 g/mol. The van der Waals surface area contributed by atoms with Crippen molar-refractivity contribution in [1.29, 1.82) is 0 Å². The molecule has 0 bridgehead atoms. The van der Waals surface area contributed by atoms with E-state index in [-0.39, 0.29) is 29.9 Å². The number of fused-ring (bicyclic) bond motifs is 1. The van der Waals surface area contributed by atoms with Crippen LogP contribution in [0.4, 0.5) is 0 Å². The van der Waals surface area contributed by atoms with Crippen molar-refractivity contribution in [2.45, 2.75) is 13.0 Å². The van der Waals surface area contributed by atoms with Crippen molar-refractivity contribution in [2.24, 2.45) is 5.92 Å². The molecule has 3 aromatic rings. The van der Waals surface area contributed by atoms with Crippen molar-refractivity contribution in [3.8, 4) is 0 Å². The predicted molar refractivity (Wildman–Crippen MR) is 127 cm³/mol. The molecule has 168 valence electrons. The van der Waals surface area contributed by atoms with Gasteiger partial charge in [0.15, 0.2) is 5.11 Å². The molecule has 1 atom stereocenters. The maximum absolute atomic E-state index is 12.4. The molecule has 3 amide bonds. The molecule has 4 rings (SSSR count). The summed E-state index contributed by atoms with van der Waals surface area (Å²) in [6.07, 6.45) is 4.72. The van der Waals surface area contributed by atoms with E-state index in [2.05, 4.69) is 16.2 Å². The molecule has 0 saturated carbocycles. The topological polar surface area (TPSA) is 104 Å². The first-order valence-corrected chi connectivity index (χ1v) is 10.8. The number of hydrogen-bond donors (Lipinski definition) is 3. The van der Waals surface area contributed by atoms with Gasteiger partial charge >= 0.3 is 0 Å². The first-order valence-electron chi connectivity index (χ1n) is 10.4. The van der Waals surface area contributed by atoms with Crippen LogP contribution >= 0.6 is 12.2 Å². The molecule has 2 heterocycles. The predicted octanol–water partition coefficient (Wildman–Crippen LogP) is 2.52. The number of hydrazine groups is 1. The zero-order valence-electron chi connectivity index (χ0n) is 17.6. The lowest BCUT2D eigenvalue weighted by atomic mass is 10.0. The fraction of sp³-hybridized carbons (Fsp3) is 0.167. The van der Waals surface area contributed by atoms with Crippen LogP contribution in [0.1, 0.15) is 17.7 Å². The van der Waals surface area contributed by atoms with E-state index in [9.17, 15) is 14.4 Å². The van der Waals surface area contributed by atoms with Gasteiger partial charge in [-0.25, -0.2) is 0 Å². The lowest BCUT2D eigenvalue weighted by molar-refractivity contribution is -0.129. The Labute approximate surface area is 195 Å². The number of carbonyl (C=O) groups excluding carboxylic acids is 3. The van der Waals surface area contributed by atoms with Crippen LogP contribution in [-0.4, -0.2) is 34.3 Å². The molecule has 1 saturated heterocycles. The molecule has 0 aliphatic carbocycles. The van der Waals surface area contributed by atoms with E-state index in [1.165, 1.54) is 12.3 Å². The summed E-state index contributed by atoms with van der Waals surface area (Å²) < 4.78 is 5.25. The molecule has 1 fully saturated rings. The number of benzene rings is 2. The normalized spacial score (nSPS) is 15.7. The second-order valence-corrected chi connectivity index (χ2v) is 8.00. The minimum atomic E-state index is -0.523. The van der Waals surface area contributed by atoms with Crippen LogP contribution in [0.15, 0.2) is 71.4 Å². The summed E-state index contributed by atoms with van der Waals surface area (Å²) in [4.78, 5) is 38.3. The van der Waals surface area contributed by atoms with Crippen molar-refractivity contribution in [1.82, 2.24) is 21.1 Å². The van der Waals surface area contributed by atoms with Gasteiger partial charge in [0.1, 0.15) is 5.76 Å². The average Bonchev–Trinajstić information content (AvgIpc) is 3.46. The number of likely N-dealkylation sites (tertiary alicyclic amines) is 1. The van der Waals surface area contributed by atoms with Gasteiger partial charge in [0.05, 0.1) is 18.7 Å². The second-order valence-electron chi connectivity index (χ2n) is 7.59. The maximum atomic E-state index is 12.4. The molecule has 1 aliphatic rings. The van der Waals surface area contributed by atoms with Gasteiger partial charge in [-0.3, -0.25) is 30.6 Å². The third-order valence-electron chi connectivity index (χ3n) is 5.29. The minimum Gasteiger partial charge on any atom is -0.467 e. The van der Waals surface area contributed by atoms with Crippen LogP contribution in [0.2, 0.25) is 0 Å². The largest absolute Gasteiger partial charge is 0.467 e. The minimum absolute atomic E-state index is 0.0484. The quantitative estimate of drug-likeness (QED) is 0.306. The summed E-state index contributed by atoms with van der Waals surface area (Å²) in [6, 6.07) is 17.2. The first-order chi connectivity index (χ1) is 16.0. The van der Waals surface area contributed by atoms with E-state index in [1.54, 1.807) is 23.1 Å². The maximum Gasteiger partial charge on any atom is 0.250 e. The molecule has 0 radical (unpaired) electrons. The number of nitrogens with one attached hydrogen (secondary N) is 3. The van der Waals surface area contributed by atoms with Crippen LogP contribution < -0.4 is 16.2 Å². The molecular weight excluding hydrogens is 440 g/mol. The Kier molecular flexibility index (Phi) is 6.80. The molecule has 1 aliphatic heterocycles. The third-order valence-corrected chi connectivity index (χ3v) is 5.49. The SMILES string of the molecule is O=C(/C=C/c1cccc2ccccc12)NC(=S)NNC(=O)C1CC(=O)N(Cc2ccco2)C1. The summed E-state index contributed by atoms with van der Waals surface area (Å²) >= 11 is 5.07. The van der Waals surface area contributed by atoms with E-state index < -0.39 is 11.8 Å². The Morgan fingerprint density at radius 2 is 1.91 bits per heavy atom. The zero-order chi connectivity index (χ0) is 23.2. The second kappa shape index (κ2) is 10.1. The molecule has 9 heteroatoms. The van der Waals surface area contributed by atoms with Gasteiger partial charge in [-0.1, -0.05) is 42.5 Å². The Balaban J connectivity index is 1.24. The molecule has 33 heavy (non-hydrogen) atoms. The van der Waals surface area contributed by atoms with Crippen LogP contribution in [0.3, 0.4) is 0 Å².